The van der Waals surface area contributed by atoms with Crippen LogP contribution in [-0.2, 0) is 27.7 Å². The van der Waals surface area contributed by atoms with E-state index in [9.17, 15) is 13.2 Å². The van der Waals surface area contributed by atoms with Crippen molar-refractivity contribution in [1.82, 2.24) is 24.9 Å². The molecule has 1 amide bonds. The largest absolute Gasteiger partial charge is 0.325 e. The summed E-state index contributed by atoms with van der Waals surface area (Å²) in [5.41, 5.74) is 4.17. The molecular weight excluding hydrogens is 498 g/mol. The van der Waals surface area contributed by atoms with Gasteiger partial charge in [-0.15, -0.1) is 0 Å². The molecule has 5 rings (SSSR count). The molecule has 8 nitrogen and oxygen atoms in total. The lowest BCUT2D eigenvalue weighted by Gasteiger charge is -2.17. The highest BCUT2D eigenvalue weighted by Crippen LogP contribution is 2.34. The predicted octanol–water partition coefficient (Wildman–Crippen LogP) is 2.99. The number of likely N-dealkylation sites (tertiary alicyclic amines) is 1. The molecule has 1 fully saturated rings. The Morgan fingerprint density at radius 3 is 2.78 bits per heavy atom. The zero-order valence-electron chi connectivity index (χ0n) is 20.3. The van der Waals surface area contributed by atoms with Gasteiger partial charge in [0, 0.05) is 47.6 Å². The summed E-state index contributed by atoms with van der Waals surface area (Å²) in [5.74, 6) is 0.855. The van der Waals surface area contributed by atoms with Crippen molar-refractivity contribution in [1.29, 1.82) is 0 Å². The maximum atomic E-state index is 12.8. The van der Waals surface area contributed by atoms with Crippen molar-refractivity contribution < 1.29 is 13.2 Å². The van der Waals surface area contributed by atoms with Crippen LogP contribution in [0.5, 0.6) is 0 Å². The molecule has 0 radical (unpaired) electrons. The predicted molar refractivity (Wildman–Crippen MR) is 139 cm³/mol. The van der Waals surface area contributed by atoms with Gasteiger partial charge in [0.25, 0.3) is 0 Å². The second kappa shape index (κ2) is 10.4. The molecule has 2 N–H and O–H groups in total. The summed E-state index contributed by atoms with van der Waals surface area (Å²) in [5, 5.41) is 3.64. The van der Waals surface area contributed by atoms with Gasteiger partial charge in [-0.25, -0.2) is 23.1 Å². The van der Waals surface area contributed by atoms with Gasteiger partial charge >= 0.3 is 0 Å². The van der Waals surface area contributed by atoms with Crippen LogP contribution >= 0.6 is 11.6 Å². The molecule has 0 saturated carbocycles. The smallest absolute Gasteiger partial charge is 0.240 e. The maximum absolute atomic E-state index is 12.8. The fraction of sp³-hybridized carbons (Fsp3) is 0.423. The Kier molecular flexibility index (Phi) is 7.25. The first-order valence-electron chi connectivity index (χ1n) is 12.4. The van der Waals surface area contributed by atoms with E-state index >= 15 is 0 Å². The van der Waals surface area contributed by atoms with Crippen LogP contribution in [0.4, 0.5) is 0 Å². The quantitative estimate of drug-likeness (QED) is 0.573. The molecule has 1 atom stereocenters. The Labute approximate surface area is 216 Å². The number of halogens is 1. The number of amides is 1. The second-order valence-corrected chi connectivity index (χ2v) is 11.8. The van der Waals surface area contributed by atoms with Gasteiger partial charge in [0.05, 0.1) is 17.0 Å². The lowest BCUT2D eigenvalue weighted by molar-refractivity contribution is -0.119. The molecule has 36 heavy (non-hydrogen) atoms. The molecule has 190 valence electrons. The SMILES string of the molecule is CCN1CCC(CNS(=O)(=O)c2ccc(Cc3ncc4c(n3)C3=C(C=C(Cl)CC3)NC(=O)C4)cc2)C1. The molecule has 3 heterocycles. The van der Waals surface area contributed by atoms with E-state index in [1.807, 2.05) is 0 Å². The minimum atomic E-state index is -3.56. The third-order valence-electron chi connectivity index (χ3n) is 7.04. The molecule has 3 aliphatic rings. The number of hydrogen-bond donors (Lipinski definition) is 2. The van der Waals surface area contributed by atoms with Gasteiger partial charge < -0.3 is 10.2 Å². The van der Waals surface area contributed by atoms with Crippen LogP contribution in [0, 0.1) is 5.92 Å². The number of sulfonamides is 1. The van der Waals surface area contributed by atoms with Gasteiger partial charge in [0.1, 0.15) is 5.82 Å². The van der Waals surface area contributed by atoms with Crippen LogP contribution < -0.4 is 10.0 Å². The van der Waals surface area contributed by atoms with Crippen molar-refractivity contribution in [2.75, 3.05) is 26.2 Å². The third-order valence-corrected chi connectivity index (χ3v) is 8.78. The first kappa shape index (κ1) is 25.1. The lowest BCUT2D eigenvalue weighted by Crippen LogP contribution is -2.31. The number of fused-ring (bicyclic) bond motifs is 2. The molecule has 1 unspecified atom stereocenters. The number of hydrogen-bond acceptors (Lipinski definition) is 6. The molecule has 0 spiro atoms. The Balaban J connectivity index is 1.29. The standard InChI is InChI=1S/C26H30ClN5O3S/c1-2-32-10-9-18(16-32)14-29-36(34,35)21-6-3-17(4-7-21)11-24-28-15-19-12-25(33)30-23-13-20(27)5-8-22(23)26(19)31-24/h3-4,6-7,13,15,18,29H,2,5,8-12,14,16H2,1H3,(H,30,33). The van der Waals surface area contributed by atoms with Crippen molar-refractivity contribution >= 4 is 33.1 Å². The van der Waals surface area contributed by atoms with Crippen LogP contribution in [0.3, 0.4) is 0 Å². The molecule has 10 heteroatoms. The van der Waals surface area contributed by atoms with Crippen LogP contribution in [0.1, 0.15) is 48.8 Å². The summed E-state index contributed by atoms with van der Waals surface area (Å²) >= 11 is 6.21. The van der Waals surface area contributed by atoms with E-state index in [0.717, 1.165) is 48.4 Å². The first-order valence-corrected chi connectivity index (χ1v) is 14.2. The Hall–Kier alpha value is -2.59. The monoisotopic (exact) mass is 527 g/mol. The van der Waals surface area contributed by atoms with E-state index in [4.69, 9.17) is 16.6 Å². The summed E-state index contributed by atoms with van der Waals surface area (Å²) in [6.07, 6.45) is 6.61. The van der Waals surface area contributed by atoms with Gasteiger partial charge in [0.15, 0.2) is 0 Å². The van der Waals surface area contributed by atoms with Gasteiger partial charge in [0.2, 0.25) is 15.9 Å². The summed E-state index contributed by atoms with van der Waals surface area (Å²) in [6, 6.07) is 6.87. The average Bonchev–Trinajstić information content (AvgIpc) is 3.27. The highest BCUT2D eigenvalue weighted by Gasteiger charge is 2.26. The summed E-state index contributed by atoms with van der Waals surface area (Å²) in [4.78, 5) is 24.2. The Bertz CT molecular complexity index is 1340. The molecule has 2 aliphatic heterocycles. The van der Waals surface area contributed by atoms with Crippen LogP contribution in [0.25, 0.3) is 5.57 Å². The molecule has 0 bridgehead atoms. The van der Waals surface area contributed by atoms with Crippen LogP contribution in [-0.4, -0.2) is 55.4 Å². The number of carbonyl (C=O) groups is 1. The number of rotatable bonds is 7. The molecule has 1 aliphatic carbocycles. The lowest BCUT2D eigenvalue weighted by atomic mass is 9.96. The number of carbonyl (C=O) groups excluding carboxylic acids is 1. The highest BCUT2D eigenvalue weighted by molar-refractivity contribution is 7.89. The van der Waals surface area contributed by atoms with E-state index in [0.29, 0.717) is 48.3 Å². The minimum Gasteiger partial charge on any atom is -0.325 e. The van der Waals surface area contributed by atoms with E-state index in [1.165, 1.54) is 0 Å². The van der Waals surface area contributed by atoms with E-state index < -0.39 is 10.0 Å². The summed E-state index contributed by atoms with van der Waals surface area (Å²) in [7, 11) is -3.56. The van der Waals surface area contributed by atoms with Gasteiger partial charge in [-0.2, -0.15) is 0 Å². The number of benzene rings is 1. The van der Waals surface area contributed by atoms with Crippen LogP contribution in [0.15, 0.2) is 52.2 Å². The average molecular weight is 528 g/mol. The number of aromatic nitrogens is 2. The van der Waals surface area contributed by atoms with Gasteiger partial charge in [-0.3, -0.25) is 4.79 Å². The Morgan fingerprint density at radius 1 is 1.22 bits per heavy atom. The van der Waals surface area contributed by atoms with E-state index in [2.05, 4.69) is 26.8 Å². The number of nitrogens with one attached hydrogen (secondary N) is 2. The summed E-state index contributed by atoms with van der Waals surface area (Å²) < 4.78 is 28.3. The van der Waals surface area contributed by atoms with Crippen molar-refractivity contribution in [3.8, 4) is 0 Å². The third kappa shape index (κ3) is 5.54. The molecule has 1 aromatic carbocycles. The summed E-state index contributed by atoms with van der Waals surface area (Å²) in [6.45, 7) is 5.54. The first-order chi connectivity index (χ1) is 17.3. The normalized spacial score (nSPS) is 20.4. The van der Waals surface area contributed by atoms with Crippen molar-refractivity contribution in [3.05, 3.63) is 69.9 Å². The molecule has 2 aromatic rings. The van der Waals surface area contributed by atoms with Gasteiger partial charge in [-0.05, 0) is 62.0 Å². The van der Waals surface area contributed by atoms with Crippen LogP contribution in [0.2, 0.25) is 0 Å². The van der Waals surface area contributed by atoms with E-state index in [-0.39, 0.29) is 17.2 Å². The van der Waals surface area contributed by atoms with Crippen molar-refractivity contribution in [2.45, 2.75) is 43.9 Å². The molecular formula is C26H30ClN5O3S. The fourth-order valence-corrected chi connectivity index (χ4v) is 6.31. The number of allylic oxidation sites excluding steroid dienone is 3. The van der Waals surface area contributed by atoms with Gasteiger partial charge in [-0.1, -0.05) is 30.7 Å². The Morgan fingerprint density at radius 2 is 2.03 bits per heavy atom. The van der Waals surface area contributed by atoms with Crippen molar-refractivity contribution in [2.24, 2.45) is 5.92 Å². The molecule has 1 saturated heterocycles. The number of nitrogens with zero attached hydrogens (tertiary/aromatic N) is 3. The highest BCUT2D eigenvalue weighted by atomic mass is 35.5. The zero-order valence-corrected chi connectivity index (χ0v) is 21.8. The van der Waals surface area contributed by atoms with E-state index in [1.54, 1.807) is 36.5 Å². The topological polar surface area (TPSA) is 104 Å². The second-order valence-electron chi connectivity index (χ2n) is 9.59. The fourth-order valence-electron chi connectivity index (χ4n) is 4.99. The van der Waals surface area contributed by atoms with Crippen molar-refractivity contribution in [3.63, 3.8) is 0 Å². The minimum absolute atomic E-state index is 0.110. The maximum Gasteiger partial charge on any atom is 0.240 e. The zero-order chi connectivity index (χ0) is 25.3. The molecule has 1 aromatic heterocycles.